The fraction of sp³-hybridized carbons (Fsp3) is 0.462. The Kier molecular flexibility index (Phi) is 4.83. The first-order valence-electron chi connectivity index (χ1n) is 5.93. The largest absolute Gasteiger partial charge is 0.426 e. The van der Waals surface area contributed by atoms with Gasteiger partial charge in [-0.1, -0.05) is 26.3 Å². The van der Waals surface area contributed by atoms with E-state index in [1.165, 1.54) is 12.1 Å². The average Bonchev–Trinajstić information content (AvgIpc) is 2.31. The number of esters is 1. The van der Waals surface area contributed by atoms with Crippen LogP contribution in [0.4, 0.5) is 5.69 Å². The molecule has 5 nitrogen and oxygen atoms in total. The fourth-order valence-corrected chi connectivity index (χ4v) is 1.67. The van der Waals surface area contributed by atoms with Crippen LogP contribution in [-0.2, 0) is 4.79 Å². The highest BCUT2D eigenvalue weighted by molar-refractivity contribution is 5.75. The van der Waals surface area contributed by atoms with Crippen LogP contribution in [0.1, 0.15) is 32.3 Å². The van der Waals surface area contributed by atoms with Gasteiger partial charge >= 0.3 is 5.97 Å². The molecule has 0 aliphatic carbocycles. The van der Waals surface area contributed by atoms with Gasteiger partial charge in [0.15, 0.2) is 0 Å². The second kappa shape index (κ2) is 6.14. The van der Waals surface area contributed by atoms with Gasteiger partial charge in [-0.15, -0.1) is 0 Å². The van der Waals surface area contributed by atoms with E-state index in [1.54, 1.807) is 19.9 Å². The number of nitro benzene ring substituents is 1. The first kappa shape index (κ1) is 14.2. The van der Waals surface area contributed by atoms with E-state index in [1.807, 2.05) is 6.92 Å². The summed E-state index contributed by atoms with van der Waals surface area (Å²) in [5.41, 5.74) is 0.336. The first-order valence-corrected chi connectivity index (χ1v) is 5.93. The molecule has 0 aromatic heterocycles. The lowest BCUT2D eigenvalue weighted by molar-refractivity contribution is -0.385. The molecule has 1 aromatic carbocycles. The molecule has 0 saturated heterocycles. The van der Waals surface area contributed by atoms with Gasteiger partial charge in [0.25, 0.3) is 5.69 Å². The number of rotatable bonds is 5. The Balaban J connectivity index is 2.88. The third kappa shape index (κ3) is 3.29. The summed E-state index contributed by atoms with van der Waals surface area (Å²) in [4.78, 5) is 22.0. The number of carbonyl (C=O) groups is 1. The van der Waals surface area contributed by atoms with Crippen LogP contribution in [-0.4, -0.2) is 10.9 Å². The van der Waals surface area contributed by atoms with E-state index in [0.29, 0.717) is 5.56 Å². The molecule has 0 bridgehead atoms. The van der Waals surface area contributed by atoms with E-state index in [0.717, 1.165) is 12.8 Å². The summed E-state index contributed by atoms with van der Waals surface area (Å²) in [6, 6.07) is 4.47. The van der Waals surface area contributed by atoms with Crippen molar-refractivity contribution in [3.63, 3.8) is 0 Å². The van der Waals surface area contributed by atoms with Crippen LogP contribution < -0.4 is 4.74 Å². The van der Waals surface area contributed by atoms with Gasteiger partial charge in [0, 0.05) is 6.07 Å². The van der Waals surface area contributed by atoms with Crippen LogP contribution in [0.2, 0.25) is 0 Å². The number of ether oxygens (including phenoxy) is 1. The highest BCUT2D eigenvalue weighted by atomic mass is 16.6. The number of carbonyl (C=O) groups excluding carboxylic acids is 1. The molecule has 0 N–H and O–H groups in total. The molecule has 0 radical (unpaired) electrons. The lowest BCUT2D eigenvalue weighted by atomic mass is 10.1. The van der Waals surface area contributed by atoms with Gasteiger partial charge < -0.3 is 4.74 Å². The number of hydrogen-bond acceptors (Lipinski definition) is 4. The van der Waals surface area contributed by atoms with Crippen molar-refractivity contribution in [3.8, 4) is 5.75 Å². The molecule has 98 valence electrons. The minimum absolute atomic E-state index is 0.0385. The van der Waals surface area contributed by atoms with Gasteiger partial charge in [-0.2, -0.15) is 0 Å². The molecule has 0 aliphatic rings. The monoisotopic (exact) mass is 251 g/mol. The summed E-state index contributed by atoms with van der Waals surface area (Å²) in [5.74, 6) is -0.286. The Labute approximate surface area is 106 Å². The molecule has 1 aromatic rings. The smallest absolute Gasteiger partial charge is 0.314 e. The number of nitro groups is 1. The molecular weight excluding hydrogens is 234 g/mol. The van der Waals surface area contributed by atoms with Crippen LogP contribution in [0, 0.1) is 23.0 Å². The van der Waals surface area contributed by atoms with Gasteiger partial charge in [-0.25, -0.2) is 0 Å². The van der Waals surface area contributed by atoms with Crippen LogP contribution >= 0.6 is 0 Å². The lowest BCUT2D eigenvalue weighted by Crippen LogP contribution is -2.18. The SMILES string of the molecule is CCCC(C)C(=O)Oc1cccc([N+](=O)[O-])c1C. The van der Waals surface area contributed by atoms with Crippen molar-refractivity contribution in [2.24, 2.45) is 5.92 Å². The fourth-order valence-electron chi connectivity index (χ4n) is 1.67. The first-order chi connectivity index (χ1) is 8.47. The number of nitrogens with zero attached hydrogens (tertiary/aromatic N) is 1. The van der Waals surface area contributed by atoms with E-state index in [9.17, 15) is 14.9 Å². The normalized spacial score (nSPS) is 11.9. The van der Waals surface area contributed by atoms with Crippen LogP contribution in [0.25, 0.3) is 0 Å². The average molecular weight is 251 g/mol. The summed E-state index contributed by atoms with van der Waals surface area (Å²) in [5, 5.41) is 10.8. The zero-order valence-electron chi connectivity index (χ0n) is 10.8. The Morgan fingerprint density at radius 3 is 2.72 bits per heavy atom. The van der Waals surface area contributed by atoms with Crippen molar-refractivity contribution >= 4 is 11.7 Å². The van der Waals surface area contributed by atoms with Crippen molar-refractivity contribution in [1.82, 2.24) is 0 Å². The van der Waals surface area contributed by atoms with Crippen molar-refractivity contribution < 1.29 is 14.5 Å². The summed E-state index contributed by atoms with van der Waals surface area (Å²) in [7, 11) is 0. The van der Waals surface area contributed by atoms with E-state index in [-0.39, 0.29) is 23.3 Å². The molecule has 0 amide bonds. The van der Waals surface area contributed by atoms with Crippen LogP contribution in [0.15, 0.2) is 18.2 Å². The maximum absolute atomic E-state index is 11.7. The molecule has 0 aliphatic heterocycles. The molecular formula is C13H17NO4. The van der Waals surface area contributed by atoms with Gasteiger partial charge in [0.05, 0.1) is 16.4 Å². The van der Waals surface area contributed by atoms with Crippen molar-refractivity contribution in [1.29, 1.82) is 0 Å². The quantitative estimate of drug-likeness (QED) is 0.348. The lowest BCUT2D eigenvalue weighted by Gasteiger charge is -2.11. The van der Waals surface area contributed by atoms with Crippen LogP contribution in [0.5, 0.6) is 5.75 Å². The van der Waals surface area contributed by atoms with Gasteiger partial charge in [0.2, 0.25) is 0 Å². The Hall–Kier alpha value is -1.91. The van der Waals surface area contributed by atoms with Gasteiger partial charge in [-0.3, -0.25) is 14.9 Å². The van der Waals surface area contributed by atoms with Crippen molar-refractivity contribution in [2.45, 2.75) is 33.6 Å². The van der Waals surface area contributed by atoms with Gasteiger partial charge in [-0.05, 0) is 19.4 Å². The minimum atomic E-state index is -0.484. The molecule has 1 rings (SSSR count). The maximum atomic E-state index is 11.7. The minimum Gasteiger partial charge on any atom is -0.426 e. The summed E-state index contributed by atoms with van der Waals surface area (Å²) in [6.45, 7) is 5.35. The maximum Gasteiger partial charge on any atom is 0.314 e. The van der Waals surface area contributed by atoms with E-state index < -0.39 is 4.92 Å². The third-order valence-corrected chi connectivity index (χ3v) is 2.79. The van der Waals surface area contributed by atoms with Crippen molar-refractivity contribution in [3.05, 3.63) is 33.9 Å². The Morgan fingerprint density at radius 2 is 2.17 bits per heavy atom. The number of hydrogen-bond donors (Lipinski definition) is 0. The molecule has 1 unspecified atom stereocenters. The highest BCUT2D eigenvalue weighted by Crippen LogP contribution is 2.27. The Morgan fingerprint density at radius 1 is 1.50 bits per heavy atom. The summed E-state index contributed by atoms with van der Waals surface area (Å²) < 4.78 is 5.21. The predicted molar refractivity (Wildman–Crippen MR) is 67.5 cm³/mol. The Bertz CT molecular complexity index is 456. The zero-order valence-corrected chi connectivity index (χ0v) is 10.8. The van der Waals surface area contributed by atoms with Gasteiger partial charge in [0.1, 0.15) is 5.75 Å². The molecule has 18 heavy (non-hydrogen) atoms. The summed E-state index contributed by atoms with van der Waals surface area (Å²) >= 11 is 0. The molecule has 0 heterocycles. The van der Waals surface area contributed by atoms with Crippen molar-refractivity contribution in [2.75, 3.05) is 0 Å². The topological polar surface area (TPSA) is 69.4 Å². The van der Waals surface area contributed by atoms with E-state index in [4.69, 9.17) is 4.74 Å². The third-order valence-electron chi connectivity index (χ3n) is 2.79. The standard InChI is InChI=1S/C13H17NO4/c1-4-6-9(2)13(15)18-12-8-5-7-11(10(12)3)14(16)17/h5,7-9H,4,6H2,1-3H3. The van der Waals surface area contributed by atoms with E-state index >= 15 is 0 Å². The second-order valence-electron chi connectivity index (χ2n) is 4.27. The summed E-state index contributed by atoms with van der Waals surface area (Å²) in [6.07, 6.45) is 1.64. The predicted octanol–water partition coefficient (Wildman–Crippen LogP) is 3.24. The molecule has 5 heteroatoms. The van der Waals surface area contributed by atoms with Crippen LogP contribution in [0.3, 0.4) is 0 Å². The highest BCUT2D eigenvalue weighted by Gasteiger charge is 2.19. The second-order valence-corrected chi connectivity index (χ2v) is 4.27. The molecule has 0 saturated carbocycles. The zero-order chi connectivity index (χ0) is 13.7. The molecule has 0 spiro atoms. The molecule has 1 atom stereocenters. The molecule has 0 fully saturated rings. The number of benzene rings is 1. The van der Waals surface area contributed by atoms with E-state index in [2.05, 4.69) is 0 Å².